The molecule has 0 radical (unpaired) electrons. The van der Waals surface area contributed by atoms with Crippen LogP contribution in [0.1, 0.15) is 12.8 Å². The van der Waals surface area contributed by atoms with Crippen LogP contribution in [0.15, 0.2) is 24.3 Å². The summed E-state index contributed by atoms with van der Waals surface area (Å²) in [7, 11) is 1.66. The Kier molecular flexibility index (Phi) is 2.68. The normalized spacial score (nSPS) is 14.6. The van der Waals surface area contributed by atoms with Crippen LogP contribution in [0.3, 0.4) is 0 Å². The van der Waals surface area contributed by atoms with Gasteiger partial charge in [-0.2, -0.15) is 9.36 Å². The summed E-state index contributed by atoms with van der Waals surface area (Å²) in [6.07, 6.45) is 2.49. The van der Waals surface area contributed by atoms with Crippen LogP contribution in [0.2, 0.25) is 0 Å². The molecule has 0 amide bonds. The third-order valence-electron chi connectivity index (χ3n) is 2.66. The van der Waals surface area contributed by atoms with Gasteiger partial charge >= 0.3 is 0 Å². The summed E-state index contributed by atoms with van der Waals surface area (Å²) in [6, 6.07) is 8.41. The lowest BCUT2D eigenvalue weighted by atomic mass is 10.2. The Balaban J connectivity index is 1.83. The Morgan fingerprint density at radius 3 is 3.06 bits per heavy atom. The van der Waals surface area contributed by atoms with Crippen molar-refractivity contribution in [1.82, 2.24) is 9.36 Å². The molecule has 1 N–H and O–H groups in total. The minimum Gasteiger partial charge on any atom is -0.497 e. The predicted molar refractivity (Wildman–Crippen MR) is 68.5 cm³/mol. The van der Waals surface area contributed by atoms with Crippen LogP contribution in [0.4, 0.5) is 5.13 Å². The van der Waals surface area contributed by atoms with E-state index >= 15 is 0 Å². The minimum atomic E-state index is 0.612. The zero-order valence-corrected chi connectivity index (χ0v) is 10.3. The number of ether oxygens (including phenoxy) is 1. The largest absolute Gasteiger partial charge is 0.497 e. The molecule has 1 aromatic heterocycles. The molecule has 1 aliphatic rings. The van der Waals surface area contributed by atoms with Gasteiger partial charge in [0.15, 0.2) is 5.82 Å². The molecule has 1 saturated carbocycles. The topological polar surface area (TPSA) is 47.0 Å². The fraction of sp³-hybridized carbons (Fsp3) is 0.333. The number of methoxy groups -OCH3 is 1. The molecule has 17 heavy (non-hydrogen) atoms. The Morgan fingerprint density at radius 2 is 2.29 bits per heavy atom. The second-order valence-electron chi connectivity index (χ2n) is 4.07. The zero-order chi connectivity index (χ0) is 11.7. The third kappa shape index (κ3) is 2.39. The van der Waals surface area contributed by atoms with Gasteiger partial charge in [-0.1, -0.05) is 12.1 Å². The monoisotopic (exact) mass is 247 g/mol. The van der Waals surface area contributed by atoms with Gasteiger partial charge in [0.05, 0.1) is 7.11 Å². The van der Waals surface area contributed by atoms with Crippen molar-refractivity contribution in [3.8, 4) is 17.1 Å². The Morgan fingerprint density at radius 1 is 1.41 bits per heavy atom. The highest BCUT2D eigenvalue weighted by Crippen LogP contribution is 2.28. The molecule has 88 valence electrons. The van der Waals surface area contributed by atoms with Gasteiger partial charge in [0.1, 0.15) is 5.75 Å². The number of nitrogens with zero attached hydrogens (tertiary/aromatic N) is 2. The number of aromatic nitrogens is 2. The first-order valence-electron chi connectivity index (χ1n) is 5.60. The van der Waals surface area contributed by atoms with Crippen LogP contribution in [0.25, 0.3) is 11.4 Å². The van der Waals surface area contributed by atoms with E-state index in [0.717, 1.165) is 22.3 Å². The lowest BCUT2D eigenvalue weighted by Crippen LogP contribution is -1.99. The first-order valence-corrected chi connectivity index (χ1v) is 6.37. The molecule has 1 fully saturated rings. The second kappa shape index (κ2) is 4.33. The van der Waals surface area contributed by atoms with Crippen molar-refractivity contribution in [3.05, 3.63) is 24.3 Å². The molecule has 0 unspecified atom stereocenters. The van der Waals surface area contributed by atoms with Gasteiger partial charge in [-0.3, -0.25) is 0 Å². The number of nitrogens with one attached hydrogen (secondary N) is 1. The fourth-order valence-electron chi connectivity index (χ4n) is 1.56. The molecule has 1 heterocycles. The van der Waals surface area contributed by atoms with Gasteiger partial charge in [-0.05, 0) is 25.0 Å². The quantitative estimate of drug-likeness (QED) is 0.902. The van der Waals surface area contributed by atoms with Gasteiger partial charge in [-0.15, -0.1) is 0 Å². The van der Waals surface area contributed by atoms with Gasteiger partial charge in [0.2, 0.25) is 5.13 Å². The van der Waals surface area contributed by atoms with Crippen LogP contribution in [-0.2, 0) is 0 Å². The summed E-state index contributed by atoms with van der Waals surface area (Å²) in [6.45, 7) is 0. The average molecular weight is 247 g/mol. The number of rotatable bonds is 4. The number of anilines is 1. The molecule has 0 spiro atoms. The van der Waals surface area contributed by atoms with Crippen molar-refractivity contribution < 1.29 is 4.74 Å². The lowest BCUT2D eigenvalue weighted by Gasteiger charge is -2.00. The average Bonchev–Trinajstić information content (AvgIpc) is 3.05. The summed E-state index contributed by atoms with van der Waals surface area (Å²) in [5.41, 5.74) is 0.990. The number of hydrogen-bond acceptors (Lipinski definition) is 5. The second-order valence-corrected chi connectivity index (χ2v) is 4.83. The summed E-state index contributed by atoms with van der Waals surface area (Å²) >= 11 is 1.41. The minimum absolute atomic E-state index is 0.612. The van der Waals surface area contributed by atoms with E-state index in [-0.39, 0.29) is 0 Å². The molecule has 0 bridgehead atoms. The summed E-state index contributed by atoms with van der Waals surface area (Å²) < 4.78 is 9.55. The van der Waals surface area contributed by atoms with Crippen LogP contribution in [0.5, 0.6) is 5.75 Å². The first-order chi connectivity index (χ1) is 8.35. The van der Waals surface area contributed by atoms with E-state index in [2.05, 4.69) is 14.7 Å². The Hall–Kier alpha value is -1.62. The van der Waals surface area contributed by atoms with Crippen LogP contribution in [-0.4, -0.2) is 22.5 Å². The molecule has 0 atom stereocenters. The van der Waals surface area contributed by atoms with Crippen LogP contribution >= 0.6 is 11.5 Å². The van der Waals surface area contributed by atoms with E-state index < -0.39 is 0 Å². The molecule has 0 saturated heterocycles. The smallest absolute Gasteiger partial charge is 0.203 e. The van der Waals surface area contributed by atoms with Gasteiger partial charge in [0, 0.05) is 23.1 Å². The molecule has 5 heteroatoms. The van der Waals surface area contributed by atoms with E-state index in [9.17, 15) is 0 Å². The van der Waals surface area contributed by atoms with E-state index in [1.807, 2.05) is 24.3 Å². The molecule has 0 aliphatic heterocycles. The van der Waals surface area contributed by atoms with Crippen molar-refractivity contribution in [2.45, 2.75) is 18.9 Å². The Bertz CT molecular complexity index is 522. The van der Waals surface area contributed by atoms with Crippen molar-refractivity contribution in [1.29, 1.82) is 0 Å². The summed E-state index contributed by atoms with van der Waals surface area (Å²) in [5, 5.41) is 4.26. The lowest BCUT2D eigenvalue weighted by molar-refractivity contribution is 0.415. The van der Waals surface area contributed by atoms with E-state index in [0.29, 0.717) is 6.04 Å². The molecular weight excluding hydrogens is 234 g/mol. The van der Waals surface area contributed by atoms with Gasteiger partial charge in [0.25, 0.3) is 0 Å². The summed E-state index contributed by atoms with van der Waals surface area (Å²) in [4.78, 5) is 4.48. The predicted octanol–water partition coefficient (Wildman–Crippen LogP) is 2.79. The molecule has 1 aromatic carbocycles. The molecular formula is C12H13N3OS. The fourth-order valence-corrected chi connectivity index (χ4v) is 2.23. The van der Waals surface area contributed by atoms with Crippen molar-refractivity contribution >= 4 is 16.7 Å². The van der Waals surface area contributed by atoms with E-state index in [1.54, 1.807) is 7.11 Å². The first kappa shape index (κ1) is 10.5. The maximum absolute atomic E-state index is 5.19. The van der Waals surface area contributed by atoms with Gasteiger partial charge < -0.3 is 10.1 Å². The molecule has 3 rings (SSSR count). The maximum atomic E-state index is 5.19. The molecule has 4 nitrogen and oxygen atoms in total. The highest BCUT2D eigenvalue weighted by Gasteiger charge is 2.22. The number of benzene rings is 1. The maximum Gasteiger partial charge on any atom is 0.203 e. The standard InChI is InChI=1S/C12H13N3OS/c1-16-10-4-2-3-8(7-10)11-14-12(17-15-11)13-9-5-6-9/h2-4,7,9H,5-6H2,1H3,(H,13,14,15). The van der Waals surface area contributed by atoms with E-state index in [4.69, 9.17) is 4.74 Å². The van der Waals surface area contributed by atoms with Crippen molar-refractivity contribution in [2.24, 2.45) is 0 Å². The third-order valence-corrected chi connectivity index (χ3v) is 3.31. The van der Waals surface area contributed by atoms with E-state index in [1.165, 1.54) is 24.4 Å². The van der Waals surface area contributed by atoms with Gasteiger partial charge in [-0.25, -0.2) is 0 Å². The highest BCUT2D eigenvalue weighted by atomic mass is 32.1. The van der Waals surface area contributed by atoms with Crippen LogP contribution < -0.4 is 10.1 Å². The van der Waals surface area contributed by atoms with Crippen LogP contribution in [0, 0.1) is 0 Å². The molecule has 1 aliphatic carbocycles. The molecule has 2 aromatic rings. The van der Waals surface area contributed by atoms with Crippen molar-refractivity contribution in [3.63, 3.8) is 0 Å². The van der Waals surface area contributed by atoms with Crippen molar-refractivity contribution in [2.75, 3.05) is 12.4 Å². The Labute approximate surface area is 104 Å². The SMILES string of the molecule is COc1cccc(-c2nsc(NC3CC3)n2)c1. The summed E-state index contributed by atoms with van der Waals surface area (Å²) in [5.74, 6) is 1.59. The zero-order valence-electron chi connectivity index (χ0n) is 9.51. The highest BCUT2D eigenvalue weighted by molar-refractivity contribution is 7.09. The number of hydrogen-bond donors (Lipinski definition) is 1.